The van der Waals surface area contributed by atoms with Crippen molar-refractivity contribution in [1.82, 2.24) is 0 Å². The van der Waals surface area contributed by atoms with Gasteiger partial charge in [0.15, 0.2) is 0 Å². The Kier molecular flexibility index (Phi) is 3.62. The zero-order valence-corrected chi connectivity index (χ0v) is 6.89. The molecular formula is C8H14N2. The predicted molar refractivity (Wildman–Crippen MR) is 46.6 cm³/mol. The molecule has 0 heterocycles. The Morgan fingerprint density at radius 3 is 2.00 bits per heavy atom. The van der Waals surface area contributed by atoms with Gasteiger partial charge in [-0.05, 0) is 13.6 Å². The maximum absolute atomic E-state index is 4.09. The molecule has 0 N–H and O–H groups in total. The Morgan fingerprint density at radius 2 is 1.90 bits per heavy atom. The Hall–Kier alpha value is -0.920. The van der Waals surface area contributed by atoms with Gasteiger partial charge in [0.2, 0.25) is 0 Å². The van der Waals surface area contributed by atoms with Gasteiger partial charge in [-0.15, -0.1) is 0 Å². The molecule has 2 nitrogen and oxygen atoms in total. The van der Waals surface area contributed by atoms with Crippen LogP contribution in [0.25, 0.3) is 0 Å². The number of aliphatic imine (C=N–C) groups is 2. The molecule has 0 amide bonds. The molecule has 0 fully saturated rings. The predicted octanol–water partition coefficient (Wildman–Crippen LogP) is 2.28. The van der Waals surface area contributed by atoms with E-state index in [4.69, 9.17) is 0 Å². The average molecular weight is 138 g/mol. The number of rotatable bonds is 2. The summed E-state index contributed by atoms with van der Waals surface area (Å²) in [5, 5.41) is 0. The molecule has 0 aliphatic rings. The van der Waals surface area contributed by atoms with E-state index < -0.39 is 0 Å². The van der Waals surface area contributed by atoms with E-state index in [1.807, 2.05) is 20.8 Å². The maximum atomic E-state index is 4.09. The van der Waals surface area contributed by atoms with Crippen molar-refractivity contribution < 1.29 is 0 Å². The minimum absolute atomic E-state index is 0.328. The standard InChI is InChI=1S/C8H14N2/c1-6(2)8(9-5)10-7(3)4/h6H,3,5H2,1-2,4H3. The fourth-order valence-corrected chi connectivity index (χ4v) is 0.543. The lowest BCUT2D eigenvalue weighted by atomic mass is 10.2. The lowest BCUT2D eigenvalue weighted by molar-refractivity contribution is 0.870. The summed E-state index contributed by atoms with van der Waals surface area (Å²) < 4.78 is 0. The van der Waals surface area contributed by atoms with E-state index in [9.17, 15) is 0 Å². The zero-order chi connectivity index (χ0) is 8.15. The van der Waals surface area contributed by atoms with Gasteiger partial charge >= 0.3 is 0 Å². The van der Waals surface area contributed by atoms with Crippen molar-refractivity contribution in [3.63, 3.8) is 0 Å². The molecule has 2 heteroatoms. The highest BCUT2D eigenvalue weighted by molar-refractivity contribution is 5.88. The van der Waals surface area contributed by atoms with Gasteiger partial charge in [-0.3, -0.25) is 0 Å². The van der Waals surface area contributed by atoms with Crippen LogP contribution in [0.5, 0.6) is 0 Å². The van der Waals surface area contributed by atoms with Crippen molar-refractivity contribution in [1.29, 1.82) is 0 Å². The number of amidine groups is 1. The summed E-state index contributed by atoms with van der Waals surface area (Å²) >= 11 is 0. The summed E-state index contributed by atoms with van der Waals surface area (Å²) in [4.78, 5) is 7.85. The molecule has 0 aromatic carbocycles. The fourth-order valence-electron chi connectivity index (χ4n) is 0.543. The third kappa shape index (κ3) is 3.17. The molecule has 0 spiro atoms. The van der Waals surface area contributed by atoms with Crippen molar-refractivity contribution in [2.24, 2.45) is 15.9 Å². The summed E-state index contributed by atoms with van der Waals surface area (Å²) in [5.41, 5.74) is 0.774. The highest BCUT2D eigenvalue weighted by Gasteiger charge is 1.99. The molecule has 0 aromatic heterocycles. The second-order valence-corrected chi connectivity index (χ2v) is 2.52. The van der Waals surface area contributed by atoms with Gasteiger partial charge in [-0.25, -0.2) is 9.98 Å². The van der Waals surface area contributed by atoms with Crippen LogP contribution in [0, 0.1) is 5.92 Å². The average Bonchev–Trinajstić information content (AvgIpc) is 1.81. The van der Waals surface area contributed by atoms with Gasteiger partial charge in [0, 0.05) is 11.6 Å². The first-order valence-corrected chi connectivity index (χ1v) is 3.28. The van der Waals surface area contributed by atoms with Gasteiger partial charge < -0.3 is 0 Å². The first kappa shape index (κ1) is 9.08. The number of nitrogens with zero attached hydrogens (tertiary/aromatic N) is 2. The Bertz CT molecular complexity index is 166. The quantitative estimate of drug-likeness (QED) is 0.413. The van der Waals surface area contributed by atoms with Gasteiger partial charge in [-0.2, -0.15) is 0 Å². The molecule has 0 aliphatic carbocycles. The molecule has 0 rings (SSSR count). The van der Waals surface area contributed by atoms with Crippen molar-refractivity contribution in [2.75, 3.05) is 0 Å². The van der Waals surface area contributed by atoms with Crippen LogP contribution in [0.2, 0.25) is 0 Å². The smallest absolute Gasteiger partial charge is 0.130 e. The molecule has 0 atom stereocenters. The summed E-state index contributed by atoms with van der Waals surface area (Å²) in [6.45, 7) is 13.0. The SMILES string of the molecule is C=NC(=NC(=C)C)C(C)C. The maximum Gasteiger partial charge on any atom is 0.130 e. The molecule has 0 saturated heterocycles. The van der Waals surface area contributed by atoms with Crippen LogP contribution in [-0.2, 0) is 0 Å². The molecular weight excluding hydrogens is 124 g/mol. The van der Waals surface area contributed by atoms with E-state index in [0.717, 1.165) is 11.5 Å². The van der Waals surface area contributed by atoms with Gasteiger partial charge in [0.1, 0.15) is 5.84 Å². The summed E-state index contributed by atoms with van der Waals surface area (Å²) in [7, 11) is 0. The third-order valence-corrected chi connectivity index (χ3v) is 0.984. The van der Waals surface area contributed by atoms with Crippen LogP contribution in [-0.4, -0.2) is 12.6 Å². The Labute approximate surface area is 62.4 Å². The van der Waals surface area contributed by atoms with E-state index in [2.05, 4.69) is 23.3 Å². The van der Waals surface area contributed by atoms with Crippen molar-refractivity contribution in [3.05, 3.63) is 12.3 Å². The lowest BCUT2D eigenvalue weighted by Crippen LogP contribution is -2.03. The molecule has 0 radical (unpaired) electrons. The second kappa shape index (κ2) is 3.99. The molecule has 0 aliphatic heterocycles. The second-order valence-electron chi connectivity index (χ2n) is 2.52. The minimum Gasteiger partial charge on any atom is -0.249 e. The molecule has 0 bridgehead atoms. The normalized spacial score (nSPS) is 11.8. The van der Waals surface area contributed by atoms with E-state index in [1.54, 1.807) is 0 Å². The van der Waals surface area contributed by atoms with Crippen LogP contribution in [0.3, 0.4) is 0 Å². The molecule has 56 valence electrons. The number of allylic oxidation sites excluding steroid dienone is 1. The first-order valence-electron chi connectivity index (χ1n) is 3.28. The number of hydrogen-bond donors (Lipinski definition) is 0. The summed E-state index contributed by atoms with van der Waals surface area (Å²) in [6, 6.07) is 0. The van der Waals surface area contributed by atoms with Crippen molar-refractivity contribution >= 4 is 12.6 Å². The monoisotopic (exact) mass is 138 g/mol. The molecule has 10 heavy (non-hydrogen) atoms. The molecule has 0 saturated carbocycles. The van der Waals surface area contributed by atoms with Gasteiger partial charge in [0.25, 0.3) is 0 Å². The van der Waals surface area contributed by atoms with Crippen LogP contribution in [0.1, 0.15) is 20.8 Å². The fraction of sp³-hybridized carbons (Fsp3) is 0.500. The van der Waals surface area contributed by atoms with Gasteiger partial charge in [-0.1, -0.05) is 20.4 Å². The van der Waals surface area contributed by atoms with Crippen molar-refractivity contribution in [2.45, 2.75) is 20.8 Å². The first-order chi connectivity index (χ1) is 4.57. The van der Waals surface area contributed by atoms with Crippen molar-refractivity contribution in [3.8, 4) is 0 Å². The Morgan fingerprint density at radius 1 is 1.40 bits per heavy atom. The highest BCUT2D eigenvalue weighted by atomic mass is 14.9. The van der Waals surface area contributed by atoms with Crippen LogP contribution in [0.15, 0.2) is 22.3 Å². The summed E-state index contributed by atoms with van der Waals surface area (Å²) in [5.74, 6) is 1.08. The van der Waals surface area contributed by atoms with Gasteiger partial charge in [0.05, 0.1) is 0 Å². The largest absolute Gasteiger partial charge is 0.249 e. The van der Waals surface area contributed by atoms with E-state index >= 15 is 0 Å². The third-order valence-electron chi connectivity index (χ3n) is 0.984. The highest BCUT2D eigenvalue weighted by Crippen LogP contribution is 2.01. The molecule has 0 aromatic rings. The zero-order valence-electron chi connectivity index (χ0n) is 6.89. The van der Waals surface area contributed by atoms with Crippen LogP contribution < -0.4 is 0 Å². The number of hydrogen-bond acceptors (Lipinski definition) is 1. The lowest BCUT2D eigenvalue weighted by Gasteiger charge is -2.02. The van der Waals surface area contributed by atoms with Crippen LogP contribution >= 0.6 is 0 Å². The van der Waals surface area contributed by atoms with E-state index in [0.29, 0.717) is 5.92 Å². The molecule has 0 unspecified atom stereocenters. The minimum atomic E-state index is 0.328. The van der Waals surface area contributed by atoms with E-state index in [-0.39, 0.29) is 0 Å². The Balaban J connectivity index is 4.33. The van der Waals surface area contributed by atoms with Crippen LogP contribution in [0.4, 0.5) is 0 Å². The topological polar surface area (TPSA) is 24.7 Å². The summed E-state index contributed by atoms with van der Waals surface area (Å²) in [6.07, 6.45) is 0. The van der Waals surface area contributed by atoms with E-state index in [1.165, 1.54) is 0 Å².